The summed E-state index contributed by atoms with van der Waals surface area (Å²) in [6.45, 7) is 11.2. The van der Waals surface area contributed by atoms with Crippen molar-refractivity contribution in [3.05, 3.63) is 0 Å². The number of hydrogen-bond acceptors (Lipinski definition) is 1. The van der Waals surface area contributed by atoms with Crippen molar-refractivity contribution in [2.45, 2.75) is 65.8 Å². The maximum absolute atomic E-state index is 6.19. The molecule has 0 saturated carbocycles. The van der Waals surface area contributed by atoms with E-state index >= 15 is 0 Å². The van der Waals surface area contributed by atoms with E-state index in [1.165, 1.54) is 12.8 Å². The predicted octanol–water partition coefficient (Wildman–Crippen LogP) is 3.33. The second-order valence-electron chi connectivity index (χ2n) is 5.10. The molecule has 1 nitrogen and oxygen atoms in total. The first-order valence-electron chi connectivity index (χ1n) is 5.12. The highest BCUT2D eigenvalue weighted by molar-refractivity contribution is 4.84. The summed E-state index contributed by atoms with van der Waals surface area (Å²) >= 11 is 0. The van der Waals surface area contributed by atoms with Gasteiger partial charge >= 0.3 is 0 Å². The molecule has 0 rings (SSSR count). The summed E-state index contributed by atoms with van der Waals surface area (Å²) in [7, 11) is 0. The van der Waals surface area contributed by atoms with Crippen molar-refractivity contribution in [3.8, 4) is 0 Å². The average Bonchev–Trinajstić information content (AvgIpc) is 1.85. The number of rotatable bonds is 5. The molecule has 0 aliphatic heterocycles. The monoisotopic (exact) mass is 171 g/mol. The first-order valence-corrected chi connectivity index (χ1v) is 5.12. The van der Waals surface area contributed by atoms with Crippen molar-refractivity contribution >= 4 is 0 Å². The average molecular weight is 171 g/mol. The molecule has 0 aliphatic carbocycles. The van der Waals surface area contributed by atoms with E-state index in [9.17, 15) is 0 Å². The summed E-state index contributed by atoms with van der Waals surface area (Å²) in [6, 6.07) is 0. The van der Waals surface area contributed by atoms with Crippen molar-refractivity contribution < 1.29 is 0 Å². The first kappa shape index (κ1) is 12.0. The largest absolute Gasteiger partial charge is 0.325 e. The van der Waals surface area contributed by atoms with Gasteiger partial charge in [0.15, 0.2) is 0 Å². The van der Waals surface area contributed by atoms with E-state index in [0.29, 0.717) is 5.41 Å². The Labute approximate surface area is 77.7 Å². The van der Waals surface area contributed by atoms with Crippen molar-refractivity contribution in [2.24, 2.45) is 11.1 Å². The van der Waals surface area contributed by atoms with Gasteiger partial charge in [-0.25, -0.2) is 0 Å². The van der Waals surface area contributed by atoms with Crippen LogP contribution in [0.4, 0.5) is 0 Å². The Bertz CT molecular complexity index is 125. The number of nitrogens with two attached hydrogens (primary N) is 1. The Morgan fingerprint density at radius 3 is 1.92 bits per heavy atom. The SMILES string of the molecule is CCCC(C)(N)CC(C)(C)CC. The van der Waals surface area contributed by atoms with Crippen LogP contribution in [0.15, 0.2) is 0 Å². The standard InChI is InChI=1S/C11H25N/c1-6-8-11(5,12)9-10(3,4)7-2/h6-9,12H2,1-5H3. The quantitative estimate of drug-likeness (QED) is 0.674. The van der Waals surface area contributed by atoms with Crippen molar-refractivity contribution in [2.75, 3.05) is 0 Å². The molecule has 0 heterocycles. The van der Waals surface area contributed by atoms with E-state index in [-0.39, 0.29) is 5.54 Å². The summed E-state index contributed by atoms with van der Waals surface area (Å²) in [4.78, 5) is 0. The molecule has 74 valence electrons. The fourth-order valence-corrected chi connectivity index (χ4v) is 1.88. The lowest BCUT2D eigenvalue weighted by Crippen LogP contribution is -2.40. The van der Waals surface area contributed by atoms with E-state index in [1.54, 1.807) is 0 Å². The van der Waals surface area contributed by atoms with Gasteiger partial charge < -0.3 is 5.73 Å². The lowest BCUT2D eigenvalue weighted by Gasteiger charge is -2.34. The molecule has 1 heteroatoms. The molecule has 0 aromatic heterocycles. The molecule has 0 radical (unpaired) electrons. The minimum atomic E-state index is 0.0360. The predicted molar refractivity (Wildman–Crippen MR) is 56.2 cm³/mol. The molecule has 1 unspecified atom stereocenters. The van der Waals surface area contributed by atoms with E-state index in [4.69, 9.17) is 5.73 Å². The second-order valence-corrected chi connectivity index (χ2v) is 5.10. The molecule has 0 aromatic carbocycles. The van der Waals surface area contributed by atoms with E-state index in [2.05, 4.69) is 34.6 Å². The third kappa shape index (κ3) is 4.76. The third-order valence-electron chi connectivity index (χ3n) is 2.66. The van der Waals surface area contributed by atoms with E-state index in [1.807, 2.05) is 0 Å². The van der Waals surface area contributed by atoms with Gasteiger partial charge in [0.05, 0.1) is 0 Å². The normalized spacial score (nSPS) is 17.5. The summed E-state index contributed by atoms with van der Waals surface area (Å²) < 4.78 is 0. The summed E-state index contributed by atoms with van der Waals surface area (Å²) in [5.74, 6) is 0. The molecule has 0 amide bonds. The molecule has 1 atom stereocenters. The summed E-state index contributed by atoms with van der Waals surface area (Å²) in [5, 5.41) is 0. The molecular formula is C11H25N. The van der Waals surface area contributed by atoms with Crippen LogP contribution in [0, 0.1) is 5.41 Å². The minimum absolute atomic E-state index is 0.0360. The Hall–Kier alpha value is -0.0400. The Balaban J connectivity index is 4.04. The van der Waals surface area contributed by atoms with Crippen LogP contribution in [0.25, 0.3) is 0 Å². The maximum atomic E-state index is 6.19. The highest BCUT2D eigenvalue weighted by Crippen LogP contribution is 2.31. The van der Waals surface area contributed by atoms with Crippen LogP contribution in [0.2, 0.25) is 0 Å². The molecular weight excluding hydrogens is 146 g/mol. The molecule has 0 saturated heterocycles. The van der Waals surface area contributed by atoms with Gasteiger partial charge in [-0.05, 0) is 25.2 Å². The van der Waals surface area contributed by atoms with Gasteiger partial charge in [0.25, 0.3) is 0 Å². The van der Waals surface area contributed by atoms with Crippen LogP contribution in [0.1, 0.15) is 60.3 Å². The lowest BCUT2D eigenvalue weighted by molar-refractivity contribution is 0.228. The fraction of sp³-hybridized carbons (Fsp3) is 1.00. The van der Waals surface area contributed by atoms with Crippen LogP contribution >= 0.6 is 0 Å². The summed E-state index contributed by atoms with van der Waals surface area (Å²) in [5.41, 5.74) is 6.63. The van der Waals surface area contributed by atoms with Gasteiger partial charge in [-0.3, -0.25) is 0 Å². The highest BCUT2D eigenvalue weighted by atomic mass is 14.7. The van der Waals surface area contributed by atoms with Gasteiger partial charge in [-0.2, -0.15) is 0 Å². The topological polar surface area (TPSA) is 26.0 Å². The zero-order chi connectivity index (χ0) is 9.83. The second kappa shape index (κ2) is 4.27. The first-order chi connectivity index (χ1) is 5.33. The van der Waals surface area contributed by atoms with Crippen LogP contribution < -0.4 is 5.73 Å². The van der Waals surface area contributed by atoms with Gasteiger partial charge in [-0.15, -0.1) is 0 Å². The lowest BCUT2D eigenvalue weighted by atomic mass is 9.76. The van der Waals surface area contributed by atoms with Crippen LogP contribution in [-0.4, -0.2) is 5.54 Å². The highest BCUT2D eigenvalue weighted by Gasteiger charge is 2.26. The maximum Gasteiger partial charge on any atom is 0.0130 e. The minimum Gasteiger partial charge on any atom is -0.325 e. The third-order valence-corrected chi connectivity index (χ3v) is 2.66. The van der Waals surface area contributed by atoms with Gasteiger partial charge in [0.1, 0.15) is 0 Å². The Morgan fingerprint density at radius 1 is 1.08 bits per heavy atom. The fourth-order valence-electron chi connectivity index (χ4n) is 1.88. The Morgan fingerprint density at radius 2 is 1.58 bits per heavy atom. The molecule has 0 spiro atoms. The van der Waals surface area contributed by atoms with E-state index < -0.39 is 0 Å². The smallest absolute Gasteiger partial charge is 0.0130 e. The van der Waals surface area contributed by atoms with Crippen LogP contribution in [-0.2, 0) is 0 Å². The molecule has 12 heavy (non-hydrogen) atoms. The van der Waals surface area contributed by atoms with Crippen molar-refractivity contribution in [1.29, 1.82) is 0 Å². The molecule has 0 bridgehead atoms. The van der Waals surface area contributed by atoms with Crippen LogP contribution in [0.5, 0.6) is 0 Å². The number of hydrogen-bond donors (Lipinski definition) is 1. The van der Waals surface area contributed by atoms with Crippen molar-refractivity contribution in [1.82, 2.24) is 0 Å². The molecule has 0 fully saturated rings. The van der Waals surface area contributed by atoms with E-state index in [0.717, 1.165) is 12.8 Å². The van der Waals surface area contributed by atoms with Crippen molar-refractivity contribution in [3.63, 3.8) is 0 Å². The van der Waals surface area contributed by atoms with Crippen LogP contribution in [0.3, 0.4) is 0 Å². The Kier molecular flexibility index (Phi) is 4.25. The molecule has 0 aromatic rings. The molecule has 0 aliphatic rings. The zero-order valence-corrected chi connectivity index (χ0v) is 9.41. The van der Waals surface area contributed by atoms with Gasteiger partial charge in [0, 0.05) is 5.54 Å². The summed E-state index contributed by atoms with van der Waals surface area (Å²) in [6.07, 6.45) is 4.66. The van der Waals surface area contributed by atoms with Gasteiger partial charge in [0.2, 0.25) is 0 Å². The zero-order valence-electron chi connectivity index (χ0n) is 9.41. The van der Waals surface area contributed by atoms with Gasteiger partial charge in [-0.1, -0.05) is 40.5 Å². The molecule has 2 N–H and O–H groups in total.